The number of carbonyl (C=O) groups excluding carboxylic acids is 1. The first kappa shape index (κ1) is 16.6. The number of fused-ring (bicyclic) bond motifs is 1. The summed E-state index contributed by atoms with van der Waals surface area (Å²) in [7, 11) is 0. The molecular weight excluding hydrogens is 316 g/mol. The molecule has 1 heterocycles. The van der Waals surface area contributed by atoms with E-state index in [1.54, 1.807) is 24.3 Å². The van der Waals surface area contributed by atoms with Gasteiger partial charge in [0.15, 0.2) is 0 Å². The molecular formula is C20H18N2O3. The van der Waals surface area contributed by atoms with Crippen molar-refractivity contribution in [3.05, 3.63) is 59.2 Å². The summed E-state index contributed by atoms with van der Waals surface area (Å²) in [5.74, 6) is -1.20. The van der Waals surface area contributed by atoms with Crippen molar-refractivity contribution in [1.82, 2.24) is 4.98 Å². The minimum absolute atomic E-state index is 0.189. The lowest BCUT2D eigenvalue weighted by Crippen LogP contribution is -2.06. The van der Waals surface area contributed by atoms with Gasteiger partial charge in [0.1, 0.15) is 0 Å². The zero-order chi connectivity index (χ0) is 18.1. The smallest absolute Gasteiger partial charge is 0.336 e. The van der Waals surface area contributed by atoms with Gasteiger partial charge in [0, 0.05) is 23.6 Å². The lowest BCUT2D eigenvalue weighted by Gasteiger charge is -2.11. The van der Waals surface area contributed by atoms with Gasteiger partial charge >= 0.3 is 5.97 Å². The Balaban J connectivity index is 2.25. The number of benzene rings is 2. The number of pyridine rings is 1. The summed E-state index contributed by atoms with van der Waals surface area (Å²) in [6, 6.07) is 12.6. The van der Waals surface area contributed by atoms with Crippen LogP contribution in [0.2, 0.25) is 0 Å². The van der Waals surface area contributed by atoms with Crippen LogP contribution in [-0.2, 0) is 4.79 Å². The monoisotopic (exact) mass is 334 g/mol. The number of aromatic nitrogens is 1. The molecule has 1 amide bonds. The first-order valence-corrected chi connectivity index (χ1v) is 7.88. The van der Waals surface area contributed by atoms with Crippen LogP contribution in [0.1, 0.15) is 28.4 Å². The SMILES string of the molecule is CC(=O)Nc1ccc2c(C(=O)O)cc(-c3ccc(C)cc3C)nc2c1. The number of carboxylic acids is 1. The predicted molar refractivity (Wildman–Crippen MR) is 97.9 cm³/mol. The summed E-state index contributed by atoms with van der Waals surface area (Å²) in [4.78, 5) is 27.6. The number of anilines is 1. The average molecular weight is 334 g/mol. The number of hydrogen-bond acceptors (Lipinski definition) is 3. The Hall–Kier alpha value is -3.21. The van der Waals surface area contributed by atoms with Gasteiger partial charge in [-0.05, 0) is 43.7 Å². The van der Waals surface area contributed by atoms with Gasteiger partial charge in [-0.25, -0.2) is 9.78 Å². The molecule has 0 fully saturated rings. The van der Waals surface area contributed by atoms with Crippen LogP contribution in [0.25, 0.3) is 22.2 Å². The molecule has 0 bridgehead atoms. The van der Waals surface area contributed by atoms with Crippen molar-refractivity contribution >= 4 is 28.5 Å². The Morgan fingerprint density at radius 3 is 2.44 bits per heavy atom. The number of aromatic carboxylic acids is 1. The Kier molecular flexibility index (Phi) is 4.23. The fraction of sp³-hybridized carbons (Fsp3) is 0.150. The number of amides is 1. The third-order valence-corrected chi connectivity index (χ3v) is 4.02. The van der Waals surface area contributed by atoms with Crippen LogP contribution in [0.5, 0.6) is 0 Å². The highest BCUT2D eigenvalue weighted by Gasteiger charge is 2.14. The lowest BCUT2D eigenvalue weighted by atomic mass is 9.99. The first-order valence-electron chi connectivity index (χ1n) is 7.88. The molecule has 0 radical (unpaired) electrons. The van der Waals surface area contributed by atoms with Gasteiger partial charge < -0.3 is 10.4 Å². The van der Waals surface area contributed by atoms with E-state index in [4.69, 9.17) is 0 Å². The molecule has 1 aromatic heterocycles. The number of hydrogen-bond donors (Lipinski definition) is 2. The second kappa shape index (κ2) is 6.36. The predicted octanol–water partition coefficient (Wildman–Crippen LogP) is 4.18. The zero-order valence-corrected chi connectivity index (χ0v) is 14.3. The quantitative estimate of drug-likeness (QED) is 0.753. The van der Waals surface area contributed by atoms with Crippen molar-refractivity contribution in [2.45, 2.75) is 20.8 Å². The molecule has 0 saturated carbocycles. The maximum atomic E-state index is 11.7. The van der Waals surface area contributed by atoms with E-state index in [1.165, 1.54) is 6.92 Å². The molecule has 25 heavy (non-hydrogen) atoms. The fourth-order valence-electron chi connectivity index (χ4n) is 2.93. The minimum Gasteiger partial charge on any atom is -0.478 e. The molecule has 5 nitrogen and oxygen atoms in total. The zero-order valence-electron chi connectivity index (χ0n) is 14.3. The number of aryl methyl sites for hydroxylation is 2. The molecule has 3 rings (SSSR count). The minimum atomic E-state index is -1.01. The van der Waals surface area contributed by atoms with E-state index in [1.807, 2.05) is 32.0 Å². The Bertz CT molecular complexity index is 1010. The molecule has 0 spiro atoms. The van der Waals surface area contributed by atoms with Gasteiger partial charge in [-0.3, -0.25) is 4.79 Å². The van der Waals surface area contributed by atoms with Crippen LogP contribution in [0.4, 0.5) is 5.69 Å². The van der Waals surface area contributed by atoms with Gasteiger partial charge in [0.05, 0.1) is 16.8 Å². The number of nitrogens with one attached hydrogen (secondary N) is 1. The van der Waals surface area contributed by atoms with Crippen molar-refractivity contribution < 1.29 is 14.7 Å². The van der Waals surface area contributed by atoms with Crippen molar-refractivity contribution in [3.63, 3.8) is 0 Å². The standard InChI is InChI=1S/C20H18N2O3/c1-11-4-6-15(12(2)8-11)19-10-17(20(24)25)16-7-5-14(21-13(3)23)9-18(16)22-19/h4-10H,1-3H3,(H,21,23)(H,24,25). The molecule has 2 aromatic carbocycles. The van der Waals surface area contributed by atoms with E-state index in [9.17, 15) is 14.7 Å². The Morgan fingerprint density at radius 1 is 1.04 bits per heavy atom. The van der Waals surface area contributed by atoms with E-state index >= 15 is 0 Å². The largest absolute Gasteiger partial charge is 0.478 e. The summed E-state index contributed by atoms with van der Waals surface area (Å²) in [6.45, 7) is 5.40. The molecule has 0 aliphatic heterocycles. The lowest BCUT2D eigenvalue weighted by molar-refractivity contribution is -0.114. The number of nitrogens with zero attached hydrogens (tertiary/aromatic N) is 1. The molecule has 3 aromatic rings. The van der Waals surface area contributed by atoms with Crippen LogP contribution in [0.15, 0.2) is 42.5 Å². The normalized spacial score (nSPS) is 10.7. The molecule has 0 saturated heterocycles. The topological polar surface area (TPSA) is 79.3 Å². The van der Waals surface area contributed by atoms with Crippen LogP contribution in [0, 0.1) is 13.8 Å². The molecule has 5 heteroatoms. The number of carbonyl (C=O) groups is 2. The van der Waals surface area contributed by atoms with Crippen molar-refractivity contribution in [3.8, 4) is 11.3 Å². The third kappa shape index (κ3) is 3.35. The van der Waals surface area contributed by atoms with Gasteiger partial charge in [0.2, 0.25) is 5.91 Å². The average Bonchev–Trinajstić information content (AvgIpc) is 2.52. The van der Waals surface area contributed by atoms with Crippen molar-refractivity contribution in [2.24, 2.45) is 0 Å². The summed E-state index contributed by atoms with van der Waals surface area (Å²) in [5, 5.41) is 12.8. The third-order valence-electron chi connectivity index (χ3n) is 4.02. The number of carboxylic acid groups (broad SMARTS) is 1. The van der Waals surface area contributed by atoms with Crippen molar-refractivity contribution in [1.29, 1.82) is 0 Å². The van der Waals surface area contributed by atoms with Crippen LogP contribution in [0.3, 0.4) is 0 Å². The van der Waals surface area contributed by atoms with E-state index in [2.05, 4.69) is 10.3 Å². The fourth-order valence-corrected chi connectivity index (χ4v) is 2.93. The first-order chi connectivity index (χ1) is 11.8. The van der Waals surface area contributed by atoms with Crippen LogP contribution in [-0.4, -0.2) is 22.0 Å². The van der Waals surface area contributed by atoms with Crippen molar-refractivity contribution in [2.75, 3.05) is 5.32 Å². The van der Waals surface area contributed by atoms with E-state index in [-0.39, 0.29) is 11.5 Å². The van der Waals surface area contributed by atoms with E-state index < -0.39 is 5.97 Å². The highest BCUT2D eigenvalue weighted by Crippen LogP contribution is 2.29. The second-order valence-electron chi connectivity index (χ2n) is 6.09. The maximum absolute atomic E-state index is 11.7. The summed E-state index contributed by atoms with van der Waals surface area (Å²) in [5.41, 5.74) is 4.95. The molecule has 0 aliphatic carbocycles. The molecule has 2 N–H and O–H groups in total. The number of rotatable bonds is 3. The Morgan fingerprint density at radius 2 is 1.80 bits per heavy atom. The summed E-state index contributed by atoms with van der Waals surface area (Å²) >= 11 is 0. The highest BCUT2D eigenvalue weighted by molar-refractivity contribution is 6.05. The van der Waals surface area contributed by atoms with Gasteiger partial charge in [-0.2, -0.15) is 0 Å². The van der Waals surface area contributed by atoms with E-state index in [0.29, 0.717) is 22.3 Å². The van der Waals surface area contributed by atoms with Crippen LogP contribution < -0.4 is 5.32 Å². The van der Waals surface area contributed by atoms with Gasteiger partial charge in [-0.15, -0.1) is 0 Å². The summed E-state index contributed by atoms with van der Waals surface area (Å²) in [6.07, 6.45) is 0. The van der Waals surface area contributed by atoms with E-state index in [0.717, 1.165) is 16.7 Å². The highest BCUT2D eigenvalue weighted by atomic mass is 16.4. The maximum Gasteiger partial charge on any atom is 0.336 e. The van der Waals surface area contributed by atoms with Gasteiger partial charge in [-0.1, -0.05) is 23.8 Å². The van der Waals surface area contributed by atoms with Gasteiger partial charge in [0.25, 0.3) is 0 Å². The molecule has 0 aliphatic rings. The molecule has 0 atom stereocenters. The molecule has 126 valence electrons. The molecule has 0 unspecified atom stereocenters. The summed E-state index contributed by atoms with van der Waals surface area (Å²) < 4.78 is 0. The Labute approximate surface area is 145 Å². The van der Waals surface area contributed by atoms with Crippen LogP contribution >= 0.6 is 0 Å². The second-order valence-corrected chi connectivity index (χ2v) is 6.09.